The van der Waals surface area contributed by atoms with E-state index in [2.05, 4.69) is 9.97 Å². The number of aryl methyl sites for hydroxylation is 1. The van der Waals surface area contributed by atoms with Crippen LogP contribution in [0.3, 0.4) is 0 Å². The highest BCUT2D eigenvalue weighted by Crippen LogP contribution is 2.25. The predicted molar refractivity (Wildman–Crippen MR) is 65.2 cm³/mol. The molecule has 17 heavy (non-hydrogen) atoms. The number of nitrogens with two attached hydrogens (primary N) is 1. The molecule has 0 saturated heterocycles. The third-order valence-electron chi connectivity index (χ3n) is 2.10. The molecule has 0 fully saturated rings. The van der Waals surface area contributed by atoms with Gasteiger partial charge in [-0.05, 0) is 43.0 Å². The summed E-state index contributed by atoms with van der Waals surface area (Å²) < 4.78 is 13.0. The molecule has 0 aliphatic carbocycles. The summed E-state index contributed by atoms with van der Waals surface area (Å²) >= 11 is 1.33. The van der Waals surface area contributed by atoms with Gasteiger partial charge in [0.05, 0.1) is 5.69 Å². The zero-order chi connectivity index (χ0) is 12.3. The fourth-order valence-corrected chi connectivity index (χ4v) is 2.27. The molecule has 3 nitrogen and oxygen atoms in total. The molecule has 1 aromatic heterocycles. The lowest BCUT2D eigenvalue weighted by Crippen LogP contribution is -2.02. The predicted octanol–water partition coefficient (Wildman–Crippen LogP) is 2.53. The Labute approximate surface area is 103 Å². The molecular weight excluding hydrogens is 237 g/mol. The lowest BCUT2D eigenvalue weighted by molar-refractivity contribution is 0.624. The van der Waals surface area contributed by atoms with Crippen LogP contribution >= 0.6 is 11.8 Å². The van der Waals surface area contributed by atoms with Crippen LogP contribution in [-0.4, -0.2) is 9.97 Å². The normalized spacial score (nSPS) is 10.5. The maximum absolute atomic E-state index is 13.0. The summed E-state index contributed by atoms with van der Waals surface area (Å²) in [4.78, 5) is 9.34. The van der Waals surface area contributed by atoms with E-state index in [9.17, 15) is 4.39 Å². The maximum atomic E-state index is 13.0. The molecule has 0 atom stereocenters. The minimum absolute atomic E-state index is 0.262. The smallest absolute Gasteiger partial charge is 0.192 e. The second-order valence-electron chi connectivity index (χ2n) is 3.55. The van der Waals surface area contributed by atoms with E-state index >= 15 is 0 Å². The minimum atomic E-state index is -0.262. The van der Waals surface area contributed by atoms with Crippen molar-refractivity contribution in [1.29, 1.82) is 0 Å². The van der Waals surface area contributed by atoms with Gasteiger partial charge in [0.25, 0.3) is 0 Å². The molecule has 1 aromatic carbocycles. The molecule has 0 aliphatic rings. The molecule has 2 rings (SSSR count). The summed E-state index contributed by atoms with van der Waals surface area (Å²) in [5.41, 5.74) is 7.19. The van der Waals surface area contributed by atoms with Crippen molar-refractivity contribution < 1.29 is 4.39 Å². The van der Waals surface area contributed by atoms with E-state index in [0.29, 0.717) is 11.7 Å². The fourth-order valence-electron chi connectivity index (χ4n) is 1.39. The number of hydrogen-bond acceptors (Lipinski definition) is 4. The van der Waals surface area contributed by atoms with E-state index in [-0.39, 0.29) is 5.82 Å². The highest BCUT2D eigenvalue weighted by Gasteiger charge is 2.04. The van der Waals surface area contributed by atoms with Gasteiger partial charge in [-0.3, -0.25) is 0 Å². The summed E-state index contributed by atoms with van der Waals surface area (Å²) in [5.74, 6) is -0.262. The van der Waals surface area contributed by atoms with Crippen LogP contribution in [0.15, 0.2) is 40.4 Å². The highest BCUT2D eigenvalue weighted by atomic mass is 32.2. The first-order valence-corrected chi connectivity index (χ1v) is 5.97. The standard InChI is InChI=1S/C12H12FN3S/c1-8-5-10(7-14)16-12(15-8)17-11-4-2-3-9(13)6-11/h2-6H,7,14H2,1H3. The molecule has 1 heterocycles. The van der Waals surface area contributed by atoms with Crippen LogP contribution in [0.4, 0.5) is 4.39 Å². The van der Waals surface area contributed by atoms with E-state index in [4.69, 9.17) is 5.73 Å². The van der Waals surface area contributed by atoms with Crippen LogP contribution in [0.1, 0.15) is 11.4 Å². The molecule has 0 aliphatic heterocycles. The van der Waals surface area contributed by atoms with Crippen LogP contribution in [0, 0.1) is 12.7 Å². The number of halogens is 1. The van der Waals surface area contributed by atoms with Gasteiger partial charge in [-0.25, -0.2) is 14.4 Å². The van der Waals surface area contributed by atoms with Crippen molar-refractivity contribution in [2.75, 3.05) is 0 Å². The first kappa shape index (κ1) is 12.0. The van der Waals surface area contributed by atoms with Crippen molar-refractivity contribution in [1.82, 2.24) is 9.97 Å². The largest absolute Gasteiger partial charge is 0.325 e. The van der Waals surface area contributed by atoms with Gasteiger partial charge in [0.1, 0.15) is 5.82 Å². The topological polar surface area (TPSA) is 51.8 Å². The quantitative estimate of drug-likeness (QED) is 0.849. The first-order chi connectivity index (χ1) is 8.17. The van der Waals surface area contributed by atoms with E-state index in [0.717, 1.165) is 16.3 Å². The van der Waals surface area contributed by atoms with Gasteiger partial charge in [0.2, 0.25) is 0 Å². The summed E-state index contributed by atoms with van der Waals surface area (Å²) in [6.45, 7) is 2.26. The van der Waals surface area contributed by atoms with Gasteiger partial charge in [0, 0.05) is 17.1 Å². The Morgan fingerprint density at radius 2 is 2.12 bits per heavy atom. The SMILES string of the molecule is Cc1cc(CN)nc(Sc2cccc(F)c2)n1. The number of benzene rings is 1. The van der Waals surface area contributed by atoms with E-state index < -0.39 is 0 Å². The van der Waals surface area contributed by atoms with Gasteiger partial charge in [-0.2, -0.15) is 0 Å². The Balaban J connectivity index is 2.26. The van der Waals surface area contributed by atoms with Crippen LogP contribution < -0.4 is 5.73 Å². The zero-order valence-corrected chi connectivity index (χ0v) is 10.2. The summed E-state index contributed by atoms with van der Waals surface area (Å²) in [5, 5.41) is 0.594. The van der Waals surface area contributed by atoms with Crippen LogP contribution in [0.25, 0.3) is 0 Å². The van der Waals surface area contributed by atoms with Gasteiger partial charge >= 0.3 is 0 Å². The monoisotopic (exact) mass is 249 g/mol. The fraction of sp³-hybridized carbons (Fsp3) is 0.167. The number of hydrogen-bond donors (Lipinski definition) is 1. The minimum Gasteiger partial charge on any atom is -0.325 e. The van der Waals surface area contributed by atoms with Gasteiger partial charge in [0.15, 0.2) is 5.16 Å². The Morgan fingerprint density at radius 1 is 1.29 bits per heavy atom. The molecule has 88 valence electrons. The third-order valence-corrected chi connectivity index (χ3v) is 2.96. The molecule has 0 bridgehead atoms. The summed E-state index contributed by atoms with van der Waals surface area (Å²) in [6, 6.07) is 8.19. The van der Waals surface area contributed by atoms with Gasteiger partial charge in [-0.15, -0.1) is 0 Å². The molecule has 0 amide bonds. The molecular formula is C12H12FN3S. The van der Waals surface area contributed by atoms with Crippen molar-refractivity contribution in [2.24, 2.45) is 5.73 Å². The second-order valence-corrected chi connectivity index (χ2v) is 4.59. The Hall–Kier alpha value is -1.46. The average Bonchev–Trinajstić information content (AvgIpc) is 2.28. The van der Waals surface area contributed by atoms with Crippen molar-refractivity contribution in [3.63, 3.8) is 0 Å². The molecule has 2 aromatic rings. The van der Waals surface area contributed by atoms with Crippen LogP contribution in [0.5, 0.6) is 0 Å². The molecule has 0 radical (unpaired) electrons. The van der Waals surface area contributed by atoms with Crippen molar-refractivity contribution in [3.05, 3.63) is 47.5 Å². The zero-order valence-electron chi connectivity index (χ0n) is 9.35. The van der Waals surface area contributed by atoms with Crippen molar-refractivity contribution in [2.45, 2.75) is 23.5 Å². The van der Waals surface area contributed by atoms with Crippen LogP contribution in [-0.2, 0) is 6.54 Å². The molecule has 0 spiro atoms. The second kappa shape index (κ2) is 5.25. The number of rotatable bonds is 3. The average molecular weight is 249 g/mol. The van der Waals surface area contributed by atoms with Crippen LogP contribution in [0.2, 0.25) is 0 Å². The maximum Gasteiger partial charge on any atom is 0.192 e. The number of aromatic nitrogens is 2. The lowest BCUT2D eigenvalue weighted by Gasteiger charge is -2.04. The summed E-state index contributed by atoms with van der Waals surface area (Å²) in [6.07, 6.45) is 0. The molecule has 5 heteroatoms. The number of nitrogens with zero attached hydrogens (tertiary/aromatic N) is 2. The Morgan fingerprint density at radius 3 is 2.82 bits per heavy atom. The Kier molecular flexibility index (Phi) is 3.71. The van der Waals surface area contributed by atoms with Gasteiger partial charge < -0.3 is 5.73 Å². The highest BCUT2D eigenvalue weighted by molar-refractivity contribution is 7.99. The first-order valence-electron chi connectivity index (χ1n) is 5.15. The van der Waals surface area contributed by atoms with Crippen molar-refractivity contribution in [3.8, 4) is 0 Å². The molecule has 0 unspecified atom stereocenters. The van der Waals surface area contributed by atoms with E-state index in [1.807, 2.05) is 19.1 Å². The molecule has 0 saturated carbocycles. The van der Waals surface area contributed by atoms with Gasteiger partial charge in [-0.1, -0.05) is 6.07 Å². The Bertz CT molecular complexity index is 531. The lowest BCUT2D eigenvalue weighted by atomic mass is 10.3. The molecule has 2 N–H and O–H groups in total. The van der Waals surface area contributed by atoms with E-state index in [1.54, 1.807) is 6.07 Å². The van der Waals surface area contributed by atoms with Crippen molar-refractivity contribution >= 4 is 11.8 Å². The van der Waals surface area contributed by atoms with E-state index in [1.165, 1.54) is 23.9 Å². The third kappa shape index (κ3) is 3.25. The summed E-state index contributed by atoms with van der Waals surface area (Å²) in [7, 11) is 0.